The van der Waals surface area contributed by atoms with Crippen LogP contribution in [0.5, 0.6) is 0 Å². The first kappa shape index (κ1) is 23.0. The predicted octanol–water partition coefficient (Wildman–Crippen LogP) is -1.67. The average Bonchev–Trinajstić information content (AvgIpc) is 3.46. The van der Waals surface area contributed by atoms with E-state index in [0.717, 1.165) is 12.8 Å². The van der Waals surface area contributed by atoms with E-state index in [2.05, 4.69) is 30.7 Å². The number of tetrazole rings is 1. The Morgan fingerprint density at radius 3 is 2.66 bits per heavy atom. The van der Waals surface area contributed by atoms with Gasteiger partial charge in [-0.15, -0.1) is 5.10 Å². The SMILES string of the molecule is NC[C@H]1CCCN(c2ccc(S(=O)(=O)N[C@@H]3CCNC3)c(S(N)(=O)=O)c2-c2nnn[nH]2)C1. The second kappa shape index (κ2) is 8.99. The van der Waals surface area contributed by atoms with Crippen molar-refractivity contribution in [1.29, 1.82) is 0 Å². The van der Waals surface area contributed by atoms with E-state index in [1.54, 1.807) is 6.07 Å². The fourth-order valence-electron chi connectivity index (χ4n) is 4.32. The summed E-state index contributed by atoms with van der Waals surface area (Å²) < 4.78 is 54.5. The number of aromatic amines is 1. The number of benzene rings is 1. The van der Waals surface area contributed by atoms with Gasteiger partial charge in [0.1, 0.15) is 9.79 Å². The number of rotatable bonds is 7. The standard InChI is InChI=1S/C17H27N9O4S2/c18-8-11-2-1-7-26(10-11)13-3-4-14(32(29,30)23-12-5-6-20-9-12)16(31(19,27)28)15(13)17-21-24-25-22-17/h3-4,11-12,20,23H,1-2,5-10,18H2,(H2,19,27,28)(H,21,22,24,25)/t11-,12-/m1/s1. The minimum Gasteiger partial charge on any atom is -0.371 e. The van der Waals surface area contributed by atoms with Crippen LogP contribution < -0.4 is 25.8 Å². The van der Waals surface area contributed by atoms with Crippen LogP contribution in [0.2, 0.25) is 0 Å². The van der Waals surface area contributed by atoms with Gasteiger partial charge in [-0.1, -0.05) is 0 Å². The zero-order valence-electron chi connectivity index (χ0n) is 17.4. The summed E-state index contributed by atoms with van der Waals surface area (Å²) in [5.74, 6) is 0.237. The Bertz CT molecular complexity index is 1160. The third-order valence-corrected chi connectivity index (χ3v) is 8.52. The zero-order chi connectivity index (χ0) is 22.9. The van der Waals surface area contributed by atoms with Crippen molar-refractivity contribution in [2.24, 2.45) is 16.8 Å². The number of anilines is 1. The van der Waals surface area contributed by atoms with E-state index in [9.17, 15) is 16.8 Å². The summed E-state index contributed by atoms with van der Waals surface area (Å²) in [6, 6.07) is 2.50. The Labute approximate surface area is 186 Å². The molecule has 7 N–H and O–H groups in total. The molecule has 0 bridgehead atoms. The van der Waals surface area contributed by atoms with Crippen LogP contribution in [0.4, 0.5) is 5.69 Å². The van der Waals surface area contributed by atoms with Gasteiger partial charge in [0.15, 0.2) is 5.82 Å². The molecular weight excluding hydrogens is 458 g/mol. The van der Waals surface area contributed by atoms with Gasteiger partial charge in [0.05, 0.1) is 5.56 Å². The summed E-state index contributed by atoms with van der Waals surface area (Å²) in [6.45, 7) is 2.85. The van der Waals surface area contributed by atoms with Gasteiger partial charge < -0.3 is 16.0 Å². The molecular formula is C17H27N9O4S2. The van der Waals surface area contributed by atoms with Gasteiger partial charge in [-0.2, -0.15) is 0 Å². The minimum absolute atomic E-state index is 0.0125. The summed E-state index contributed by atoms with van der Waals surface area (Å²) in [7, 11) is -8.69. The molecule has 4 rings (SSSR count). The predicted molar refractivity (Wildman–Crippen MR) is 117 cm³/mol. The molecule has 1 aromatic carbocycles. The molecule has 13 nitrogen and oxygen atoms in total. The fraction of sp³-hybridized carbons (Fsp3) is 0.588. The van der Waals surface area contributed by atoms with Gasteiger partial charge in [-0.3, -0.25) is 0 Å². The van der Waals surface area contributed by atoms with Gasteiger partial charge in [0.2, 0.25) is 20.0 Å². The molecule has 0 amide bonds. The molecule has 176 valence electrons. The number of hydrogen-bond donors (Lipinski definition) is 5. The number of nitrogens with one attached hydrogen (secondary N) is 3. The number of sulfonamides is 2. The van der Waals surface area contributed by atoms with Gasteiger partial charge in [0.25, 0.3) is 0 Å². The van der Waals surface area contributed by atoms with Crippen LogP contribution in [-0.2, 0) is 20.0 Å². The molecule has 2 fully saturated rings. The lowest BCUT2D eigenvalue weighted by atomic mass is 9.97. The maximum atomic E-state index is 13.2. The highest BCUT2D eigenvalue weighted by Crippen LogP contribution is 2.39. The smallest absolute Gasteiger partial charge is 0.242 e. The molecule has 0 unspecified atom stereocenters. The van der Waals surface area contributed by atoms with Crippen molar-refractivity contribution in [3.63, 3.8) is 0 Å². The molecule has 2 aliphatic rings. The molecule has 2 atom stereocenters. The maximum Gasteiger partial charge on any atom is 0.242 e. The van der Waals surface area contributed by atoms with Crippen LogP contribution in [0.1, 0.15) is 19.3 Å². The van der Waals surface area contributed by atoms with Gasteiger partial charge >= 0.3 is 0 Å². The van der Waals surface area contributed by atoms with Crippen molar-refractivity contribution in [2.45, 2.75) is 35.1 Å². The molecule has 32 heavy (non-hydrogen) atoms. The molecule has 2 aliphatic heterocycles. The van der Waals surface area contributed by atoms with Crippen molar-refractivity contribution in [3.8, 4) is 11.4 Å². The number of H-pyrrole nitrogens is 1. The number of primary sulfonamides is 1. The van der Waals surface area contributed by atoms with Crippen LogP contribution in [0, 0.1) is 5.92 Å². The number of hydrogen-bond acceptors (Lipinski definition) is 10. The van der Waals surface area contributed by atoms with E-state index < -0.39 is 29.8 Å². The lowest BCUT2D eigenvalue weighted by molar-refractivity contribution is 0.423. The van der Waals surface area contributed by atoms with Crippen molar-refractivity contribution in [2.75, 3.05) is 37.6 Å². The molecule has 0 radical (unpaired) electrons. The highest BCUT2D eigenvalue weighted by atomic mass is 32.2. The molecule has 3 heterocycles. The fourth-order valence-corrected chi connectivity index (χ4v) is 7.19. The van der Waals surface area contributed by atoms with Crippen molar-refractivity contribution < 1.29 is 16.8 Å². The molecule has 2 saturated heterocycles. The normalized spacial score (nSPS) is 22.4. The highest BCUT2D eigenvalue weighted by molar-refractivity contribution is 7.92. The van der Waals surface area contributed by atoms with Crippen LogP contribution >= 0.6 is 0 Å². The number of nitrogens with two attached hydrogens (primary N) is 2. The van der Waals surface area contributed by atoms with Gasteiger partial charge in [0, 0.05) is 31.4 Å². The summed E-state index contributed by atoms with van der Waals surface area (Å²) >= 11 is 0. The number of piperidine rings is 1. The summed E-state index contributed by atoms with van der Waals surface area (Å²) in [5.41, 5.74) is 6.37. The largest absolute Gasteiger partial charge is 0.371 e. The third kappa shape index (κ3) is 4.62. The number of nitrogens with zero attached hydrogens (tertiary/aromatic N) is 4. The van der Waals surface area contributed by atoms with E-state index in [4.69, 9.17) is 10.9 Å². The van der Waals surface area contributed by atoms with Crippen molar-refractivity contribution in [3.05, 3.63) is 12.1 Å². The topological polar surface area (TPSA) is 202 Å². The second-order valence-electron chi connectivity index (χ2n) is 8.08. The van der Waals surface area contributed by atoms with E-state index in [-0.39, 0.29) is 23.3 Å². The molecule has 0 aliphatic carbocycles. The van der Waals surface area contributed by atoms with Crippen LogP contribution in [-0.4, -0.2) is 76.2 Å². The second-order valence-corrected chi connectivity index (χ2v) is 11.3. The highest BCUT2D eigenvalue weighted by Gasteiger charge is 2.35. The zero-order valence-corrected chi connectivity index (χ0v) is 19.0. The maximum absolute atomic E-state index is 13.2. The van der Waals surface area contributed by atoms with Crippen LogP contribution in [0.15, 0.2) is 21.9 Å². The van der Waals surface area contributed by atoms with E-state index in [1.165, 1.54) is 6.07 Å². The first-order valence-corrected chi connectivity index (χ1v) is 13.4. The summed E-state index contributed by atoms with van der Waals surface area (Å²) in [5, 5.41) is 22.2. The van der Waals surface area contributed by atoms with Crippen LogP contribution in [0.3, 0.4) is 0 Å². The molecule has 1 aromatic heterocycles. The summed E-state index contributed by atoms with van der Waals surface area (Å²) in [6.07, 6.45) is 2.41. The lowest BCUT2D eigenvalue weighted by Gasteiger charge is -2.35. The quantitative estimate of drug-likeness (QED) is 0.302. The number of aromatic nitrogens is 4. The molecule has 0 spiro atoms. The van der Waals surface area contributed by atoms with Crippen LogP contribution in [0.25, 0.3) is 11.4 Å². The molecule has 2 aromatic rings. The monoisotopic (exact) mass is 485 g/mol. The van der Waals surface area contributed by atoms with Gasteiger partial charge in [-0.05, 0) is 60.8 Å². The van der Waals surface area contributed by atoms with E-state index in [0.29, 0.717) is 44.8 Å². The average molecular weight is 486 g/mol. The first-order chi connectivity index (χ1) is 15.2. The Kier molecular flexibility index (Phi) is 6.46. The Morgan fingerprint density at radius 2 is 2.03 bits per heavy atom. The molecule has 15 heteroatoms. The Morgan fingerprint density at radius 1 is 1.22 bits per heavy atom. The first-order valence-electron chi connectivity index (χ1n) is 10.3. The van der Waals surface area contributed by atoms with E-state index >= 15 is 0 Å². The van der Waals surface area contributed by atoms with Gasteiger partial charge in [-0.25, -0.2) is 31.8 Å². The Balaban J connectivity index is 1.90. The van der Waals surface area contributed by atoms with Crippen molar-refractivity contribution >= 4 is 25.7 Å². The minimum atomic E-state index is -4.49. The lowest BCUT2D eigenvalue weighted by Crippen LogP contribution is -2.39. The molecule has 0 saturated carbocycles. The summed E-state index contributed by atoms with van der Waals surface area (Å²) in [4.78, 5) is 0.995. The van der Waals surface area contributed by atoms with Crippen molar-refractivity contribution in [1.82, 2.24) is 30.7 Å². The Hall–Kier alpha value is -2.17. The van der Waals surface area contributed by atoms with E-state index in [1.807, 2.05) is 4.90 Å². The third-order valence-electron chi connectivity index (χ3n) is 5.83.